The molecule has 1 aromatic rings. The normalized spacial score (nSPS) is 11.5. The smallest absolute Gasteiger partial charge is 0.335 e. The molecule has 0 aliphatic carbocycles. The topological polar surface area (TPSA) is 196 Å². The molecule has 0 saturated carbocycles. The van der Waals surface area contributed by atoms with E-state index in [0.717, 1.165) is 57.8 Å². The van der Waals surface area contributed by atoms with E-state index in [4.69, 9.17) is 15.9 Å². The molecular formula is C30H47N3O8. The zero-order valence-electron chi connectivity index (χ0n) is 24.0. The number of carbonyl (C=O) groups is 5. The third-order valence-electron chi connectivity index (χ3n) is 6.82. The van der Waals surface area contributed by atoms with Crippen molar-refractivity contribution in [2.75, 3.05) is 11.9 Å². The van der Waals surface area contributed by atoms with Crippen molar-refractivity contribution in [3.63, 3.8) is 0 Å². The van der Waals surface area contributed by atoms with E-state index in [0.29, 0.717) is 19.3 Å². The fourth-order valence-electron chi connectivity index (χ4n) is 4.42. The number of amides is 2. The number of unbranched alkanes of at least 4 members (excludes halogenated alkanes) is 12. The number of hydrogen-bond donors (Lipinski definition) is 6. The molecule has 7 N–H and O–H groups in total. The highest BCUT2D eigenvalue weighted by molar-refractivity contribution is 6.00. The lowest BCUT2D eigenvalue weighted by Crippen LogP contribution is -2.30. The summed E-state index contributed by atoms with van der Waals surface area (Å²) in [4.78, 5) is 57.7. The van der Waals surface area contributed by atoms with Gasteiger partial charge in [-0.1, -0.05) is 64.2 Å². The first-order valence-corrected chi connectivity index (χ1v) is 14.8. The van der Waals surface area contributed by atoms with Gasteiger partial charge in [0.1, 0.15) is 6.04 Å². The first kappa shape index (κ1) is 35.6. The van der Waals surface area contributed by atoms with Crippen LogP contribution in [0.5, 0.6) is 0 Å². The van der Waals surface area contributed by atoms with Crippen LogP contribution in [0.25, 0.3) is 0 Å². The third-order valence-corrected chi connectivity index (χ3v) is 6.82. The second-order valence-electron chi connectivity index (χ2n) is 10.5. The maximum atomic E-state index is 12.5. The van der Waals surface area contributed by atoms with Crippen molar-refractivity contribution in [1.82, 2.24) is 5.32 Å². The lowest BCUT2D eigenvalue weighted by molar-refractivity contribution is -0.139. The van der Waals surface area contributed by atoms with Gasteiger partial charge < -0.3 is 31.7 Å². The van der Waals surface area contributed by atoms with Crippen LogP contribution in [-0.4, -0.2) is 57.6 Å². The van der Waals surface area contributed by atoms with Crippen LogP contribution in [0.1, 0.15) is 130 Å². The maximum absolute atomic E-state index is 12.5. The molecule has 11 nitrogen and oxygen atoms in total. The summed E-state index contributed by atoms with van der Waals surface area (Å²) < 4.78 is 0. The van der Waals surface area contributed by atoms with Crippen LogP contribution in [0.2, 0.25) is 0 Å². The molecule has 1 rings (SSSR count). The van der Waals surface area contributed by atoms with Gasteiger partial charge in [-0.25, -0.2) is 4.79 Å². The summed E-state index contributed by atoms with van der Waals surface area (Å²) in [7, 11) is 0. The van der Waals surface area contributed by atoms with E-state index in [1.165, 1.54) is 37.5 Å². The molecule has 0 saturated heterocycles. The van der Waals surface area contributed by atoms with Crippen LogP contribution in [0.4, 0.5) is 5.69 Å². The maximum Gasteiger partial charge on any atom is 0.335 e. The molecular weight excluding hydrogens is 530 g/mol. The third kappa shape index (κ3) is 17.8. The Morgan fingerprint density at radius 3 is 1.68 bits per heavy atom. The molecule has 0 heterocycles. The van der Waals surface area contributed by atoms with Crippen molar-refractivity contribution in [2.24, 2.45) is 5.73 Å². The van der Waals surface area contributed by atoms with E-state index >= 15 is 0 Å². The molecule has 0 aliphatic rings. The fraction of sp³-hybridized carbons (Fsp3) is 0.633. The summed E-state index contributed by atoms with van der Waals surface area (Å²) in [5.74, 6) is -3.73. The molecule has 41 heavy (non-hydrogen) atoms. The van der Waals surface area contributed by atoms with E-state index in [2.05, 4.69) is 10.6 Å². The number of aliphatic carboxylic acids is 2. The Morgan fingerprint density at radius 2 is 1.17 bits per heavy atom. The lowest BCUT2D eigenvalue weighted by Gasteiger charge is -2.11. The molecule has 2 amide bonds. The standard InChI is InChI=1S/C30H47N3O8/c31-25(30(40)41)15-13-14-18-32-28(37)22-19-23(29(38)39)21-24(20-22)33-26(34)16-11-9-7-5-3-1-2-4-6-8-10-12-17-27(35)36/h19-21,25H,1-18,31H2,(H,32,37)(H,33,34)(H,35,36)(H,38,39)(H,40,41)/t25-/m0/s1. The average molecular weight is 578 g/mol. The van der Waals surface area contributed by atoms with Crippen LogP contribution in [0.3, 0.4) is 0 Å². The van der Waals surface area contributed by atoms with Gasteiger partial charge in [0.25, 0.3) is 5.91 Å². The van der Waals surface area contributed by atoms with Crippen molar-refractivity contribution in [2.45, 2.75) is 115 Å². The highest BCUT2D eigenvalue weighted by Gasteiger charge is 2.14. The van der Waals surface area contributed by atoms with Gasteiger partial charge in [0.05, 0.1) is 5.56 Å². The van der Waals surface area contributed by atoms with Gasteiger partial charge >= 0.3 is 17.9 Å². The molecule has 11 heteroatoms. The Labute approximate surface area is 242 Å². The van der Waals surface area contributed by atoms with Crippen LogP contribution in [0.15, 0.2) is 18.2 Å². The zero-order valence-corrected chi connectivity index (χ0v) is 24.0. The first-order valence-electron chi connectivity index (χ1n) is 14.8. The first-order chi connectivity index (χ1) is 19.6. The van der Waals surface area contributed by atoms with E-state index in [-0.39, 0.29) is 42.1 Å². The minimum absolute atomic E-state index is 0.112. The molecule has 0 unspecified atom stereocenters. The number of hydrogen-bond acceptors (Lipinski definition) is 6. The lowest BCUT2D eigenvalue weighted by atomic mass is 10.0. The largest absolute Gasteiger partial charge is 0.481 e. The Bertz CT molecular complexity index is 982. The average Bonchev–Trinajstić information content (AvgIpc) is 2.92. The summed E-state index contributed by atoms with van der Waals surface area (Å²) in [5.41, 5.74) is 5.70. The van der Waals surface area contributed by atoms with Gasteiger partial charge in [0.15, 0.2) is 0 Å². The number of benzene rings is 1. The molecule has 0 aromatic heterocycles. The predicted octanol–water partition coefficient (Wildman–Crippen LogP) is 5.18. The van der Waals surface area contributed by atoms with Gasteiger partial charge in [-0.15, -0.1) is 0 Å². The highest BCUT2D eigenvalue weighted by Crippen LogP contribution is 2.17. The molecule has 0 spiro atoms. The van der Waals surface area contributed by atoms with Crippen molar-refractivity contribution in [3.05, 3.63) is 29.3 Å². The number of rotatable bonds is 24. The second kappa shape index (κ2) is 21.3. The number of carbonyl (C=O) groups excluding carboxylic acids is 2. The quantitative estimate of drug-likeness (QED) is 0.0896. The van der Waals surface area contributed by atoms with E-state index in [9.17, 15) is 29.1 Å². The summed E-state index contributed by atoms with van der Waals surface area (Å²) in [6.07, 6.45) is 14.4. The van der Waals surface area contributed by atoms with Gasteiger partial charge in [-0.3, -0.25) is 19.2 Å². The molecule has 0 radical (unpaired) electrons. The Balaban J connectivity index is 2.28. The summed E-state index contributed by atoms with van der Waals surface area (Å²) >= 11 is 0. The number of anilines is 1. The molecule has 0 aliphatic heterocycles. The van der Waals surface area contributed by atoms with Gasteiger partial charge in [0.2, 0.25) is 5.91 Å². The number of carboxylic acid groups (broad SMARTS) is 3. The molecule has 230 valence electrons. The van der Waals surface area contributed by atoms with Gasteiger partial charge in [0, 0.05) is 30.6 Å². The van der Waals surface area contributed by atoms with E-state index in [1.807, 2.05) is 0 Å². The zero-order chi connectivity index (χ0) is 30.5. The number of aromatic carboxylic acids is 1. The van der Waals surface area contributed by atoms with Crippen molar-refractivity contribution >= 4 is 35.4 Å². The minimum Gasteiger partial charge on any atom is -0.481 e. The Kier molecular flexibility index (Phi) is 18.5. The van der Waals surface area contributed by atoms with Gasteiger partial charge in [-0.2, -0.15) is 0 Å². The highest BCUT2D eigenvalue weighted by atomic mass is 16.4. The fourth-order valence-corrected chi connectivity index (χ4v) is 4.42. The van der Waals surface area contributed by atoms with Crippen LogP contribution < -0.4 is 16.4 Å². The second-order valence-corrected chi connectivity index (χ2v) is 10.5. The minimum atomic E-state index is -1.21. The molecule has 0 fully saturated rings. The summed E-state index contributed by atoms with van der Waals surface area (Å²) in [6, 6.07) is 3.06. The molecule has 1 atom stereocenters. The van der Waals surface area contributed by atoms with Crippen LogP contribution in [0, 0.1) is 0 Å². The SMILES string of the molecule is N[C@@H](CCCCNC(=O)c1cc(NC(=O)CCCCCCCCCCCCCCC(=O)O)cc(C(=O)O)c1)C(=O)O. The van der Waals surface area contributed by atoms with E-state index < -0.39 is 29.9 Å². The Hall–Kier alpha value is -3.47. The number of nitrogens with one attached hydrogen (secondary N) is 2. The predicted molar refractivity (Wildman–Crippen MR) is 156 cm³/mol. The van der Waals surface area contributed by atoms with Crippen molar-refractivity contribution in [3.8, 4) is 0 Å². The number of carboxylic acids is 3. The van der Waals surface area contributed by atoms with Crippen molar-refractivity contribution in [1.29, 1.82) is 0 Å². The monoisotopic (exact) mass is 577 g/mol. The summed E-state index contributed by atoms with van der Waals surface area (Å²) in [6.45, 7) is 0.278. The van der Waals surface area contributed by atoms with Crippen molar-refractivity contribution < 1.29 is 39.3 Å². The van der Waals surface area contributed by atoms with Crippen LogP contribution >= 0.6 is 0 Å². The molecule has 0 bridgehead atoms. The Morgan fingerprint density at radius 1 is 0.659 bits per heavy atom. The van der Waals surface area contributed by atoms with E-state index in [1.54, 1.807) is 0 Å². The van der Waals surface area contributed by atoms with Crippen LogP contribution in [-0.2, 0) is 14.4 Å². The molecule has 1 aromatic carbocycles. The number of nitrogens with two attached hydrogens (primary N) is 1. The van der Waals surface area contributed by atoms with Gasteiger partial charge in [-0.05, 0) is 50.3 Å². The summed E-state index contributed by atoms with van der Waals surface area (Å²) in [5, 5.41) is 32.2.